The quantitative estimate of drug-likeness (QED) is 0.303. The molecule has 3 aromatic heterocycles. The van der Waals surface area contributed by atoms with Crippen LogP contribution in [-0.2, 0) is 13.1 Å². The highest BCUT2D eigenvalue weighted by Crippen LogP contribution is 2.14. The Hall–Kier alpha value is -2.41. The van der Waals surface area contributed by atoms with Crippen LogP contribution in [0.5, 0.6) is 0 Å². The zero-order chi connectivity index (χ0) is 19.3. The first-order chi connectivity index (χ1) is 13.7. The molecule has 156 valence electrons. The molecule has 11 heteroatoms. The molecule has 1 saturated heterocycles. The van der Waals surface area contributed by atoms with Crippen molar-refractivity contribution < 1.29 is 8.94 Å². The van der Waals surface area contributed by atoms with Crippen LogP contribution in [-0.4, -0.2) is 69.3 Å². The fourth-order valence-corrected chi connectivity index (χ4v) is 3.22. The summed E-state index contributed by atoms with van der Waals surface area (Å²) >= 11 is 0. The topological polar surface area (TPSA) is 112 Å². The van der Waals surface area contributed by atoms with Crippen LogP contribution in [0.2, 0.25) is 0 Å². The lowest BCUT2D eigenvalue weighted by Gasteiger charge is -2.36. The van der Waals surface area contributed by atoms with Crippen LogP contribution in [0, 0.1) is 6.92 Å². The Labute approximate surface area is 185 Å². The zero-order valence-corrected chi connectivity index (χ0v) is 18.8. The molecule has 3 aromatic rings. The number of nitrogens with zero attached hydrogens (tertiary/aromatic N) is 6. The van der Waals surface area contributed by atoms with Crippen LogP contribution in [0.1, 0.15) is 17.3 Å². The van der Waals surface area contributed by atoms with Crippen molar-refractivity contribution in [2.24, 2.45) is 4.99 Å². The summed E-state index contributed by atoms with van der Waals surface area (Å²) in [5.41, 5.74) is 0.978. The summed E-state index contributed by atoms with van der Waals surface area (Å²) in [5, 5.41) is 14.5. The van der Waals surface area contributed by atoms with Crippen LogP contribution in [0.4, 0.5) is 0 Å². The summed E-state index contributed by atoms with van der Waals surface area (Å²) in [6.45, 7) is 6.91. The normalized spacial score (nSPS) is 15.4. The minimum Gasteiger partial charge on any atom is -0.461 e. The summed E-state index contributed by atoms with van der Waals surface area (Å²) in [7, 11) is 1.79. The number of aromatic amines is 1. The van der Waals surface area contributed by atoms with E-state index < -0.39 is 0 Å². The number of piperazine rings is 1. The van der Waals surface area contributed by atoms with Crippen molar-refractivity contribution in [3.8, 4) is 11.6 Å². The van der Waals surface area contributed by atoms with Crippen molar-refractivity contribution in [2.45, 2.75) is 20.0 Å². The Morgan fingerprint density at radius 2 is 2.14 bits per heavy atom. The van der Waals surface area contributed by atoms with Gasteiger partial charge in [-0.25, -0.2) is 4.98 Å². The molecular weight excluding hydrogens is 487 g/mol. The van der Waals surface area contributed by atoms with E-state index in [1.54, 1.807) is 13.3 Å². The van der Waals surface area contributed by atoms with Crippen molar-refractivity contribution >= 4 is 29.9 Å². The first-order valence-corrected chi connectivity index (χ1v) is 9.26. The van der Waals surface area contributed by atoms with Gasteiger partial charge in [0.1, 0.15) is 11.6 Å². The fourth-order valence-electron chi connectivity index (χ4n) is 3.22. The van der Waals surface area contributed by atoms with Gasteiger partial charge in [-0.15, -0.1) is 29.1 Å². The maximum Gasteiger partial charge on any atom is 0.216 e. The van der Waals surface area contributed by atoms with Gasteiger partial charge in [-0.05, 0) is 19.1 Å². The van der Waals surface area contributed by atoms with Gasteiger partial charge in [0.25, 0.3) is 0 Å². The maximum absolute atomic E-state index is 5.32. The van der Waals surface area contributed by atoms with E-state index in [-0.39, 0.29) is 24.0 Å². The lowest BCUT2D eigenvalue weighted by atomic mass is 10.3. The molecule has 2 N–H and O–H groups in total. The molecule has 0 spiro atoms. The van der Waals surface area contributed by atoms with Gasteiger partial charge in [0.05, 0.1) is 18.5 Å². The van der Waals surface area contributed by atoms with E-state index in [1.165, 1.54) is 0 Å². The average molecular weight is 512 g/mol. The van der Waals surface area contributed by atoms with Crippen molar-refractivity contribution in [3.63, 3.8) is 0 Å². The van der Waals surface area contributed by atoms with Gasteiger partial charge in [0.2, 0.25) is 5.82 Å². The van der Waals surface area contributed by atoms with Gasteiger partial charge in [0, 0.05) is 45.8 Å². The predicted octanol–water partition coefficient (Wildman–Crippen LogP) is 1.87. The molecule has 0 saturated carbocycles. The first-order valence-electron chi connectivity index (χ1n) is 9.26. The molecule has 0 bridgehead atoms. The monoisotopic (exact) mass is 512 g/mol. The number of rotatable bonds is 5. The largest absolute Gasteiger partial charge is 0.461 e. The third-order valence-corrected chi connectivity index (χ3v) is 4.63. The van der Waals surface area contributed by atoms with Crippen LogP contribution in [0.25, 0.3) is 11.6 Å². The minimum atomic E-state index is 0. The molecule has 10 nitrogen and oxygen atoms in total. The van der Waals surface area contributed by atoms with E-state index in [4.69, 9.17) is 8.94 Å². The van der Waals surface area contributed by atoms with Crippen molar-refractivity contribution in [3.05, 3.63) is 41.7 Å². The molecule has 0 amide bonds. The van der Waals surface area contributed by atoms with Gasteiger partial charge < -0.3 is 19.2 Å². The van der Waals surface area contributed by atoms with Crippen LogP contribution < -0.4 is 5.32 Å². The SMILES string of the molecule is CN=C(NCc1nc(-c2ccco2)n[nH]1)N1CCN(Cc2cc(C)on2)CC1.I. The maximum atomic E-state index is 5.32. The van der Waals surface area contributed by atoms with Crippen molar-refractivity contribution in [2.75, 3.05) is 33.2 Å². The standard InChI is InChI=1S/C18H24N8O2.HI/c1-13-10-14(24-28-13)12-25-5-7-26(8-6-25)18(19-2)20-11-16-21-17(23-22-16)15-4-3-9-27-15;/h3-4,9-10H,5-8,11-12H2,1-2H3,(H,19,20)(H,21,22,23);1H. The van der Waals surface area contributed by atoms with E-state index in [0.717, 1.165) is 56.0 Å². The Kier molecular flexibility index (Phi) is 7.25. The summed E-state index contributed by atoms with van der Waals surface area (Å²) in [6.07, 6.45) is 1.61. The van der Waals surface area contributed by atoms with E-state index in [9.17, 15) is 0 Å². The van der Waals surface area contributed by atoms with Crippen molar-refractivity contribution in [1.29, 1.82) is 0 Å². The summed E-state index contributed by atoms with van der Waals surface area (Å²) in [6, 6.07) is 5.63. The average Bonchev–Trinajstić information content (AvgIpc) is 3.45. The van der Waals surface area contributed by atoms with Crippen LogP contribution in [0.15, 0.2) is 38.4 Å². The third-order valence-electron chi connectivity index (χ3n) is 4.63. The lowest BCUT2D eigenvalue weighted by molar-refractivity contribution is 0.169. The highest BCUT2D eigenvalue weighted by molar-refractivity contribution is 14.0. The van der Waals surface area contributed by atoms with Crippen molar-refractivity contribution in [1.82, 2.24) is 35.5 Å². The Morgan fingerprint density at radius 3 is 2.79 bits per heavy atom. The second kappa shape index (κ2) is 9.87. The second-order valence-corrected chi connectivity index (χ2v) is 6.68. The predicted molar refractivity (Wildman–Crippen MR) is 118 cm³/mol. The molecule has 29 heavy (non-hydrogen) atoms. The van der Waals surface area contributed by atoms with Crippen LogP contribution >= 0.6 is 24.0 Å². The van der Waals surface area contributed by atoms with E-state index in [1.807, 2.05) is 25.1 Å². The van der Waals surface area contributed by atoms with E-state index >= 15 is 0 Å². The molecule has 0 aliphatic carbocycles. The molecule has 0 radical (unpaired) electrons. The molecule has 0 atom stereocenters. The number of hydrogen-bond donors (Lipinski definition) is 2. The number of nitrogens with one attached hydrogen (secondary N) is 2. The Balaban J connectivity index is 0.00000240. The number of hydrogen-bond acceptors (Lipinski definition) is 7. The molecule has 0 aromatic carbocycles. The molecule has 1 aliphatic heterocycles. The second-order valence-electron chi connectivity index (χ2n) is 6.68. The number of aliphatic imine (C=N–C) groups is 1. The van der Waals surface area contributed by atoms with Gasteiger partial charge in [0.15, 0.2) is 11.7 Å². The van der Waals surface area contributed by atoms with Gasteiger partial charge in [-0.1, -0.05) is 5.16 Å². The van der Waals surface area contributed by atoms with Gasteiger partial charge in [-0.2, -0.15) is 0 Å². The van der Waals surface area contributed by atoms with Gasteiger partial charge in [-0.3, -0.25) is 15.0 Å². The molecule has 4 heterocycles. The molecule has 1 fully saturated rings. The number of H-pyrrole nitrogens is 1. The van der Waals surface area contributed by atoms with Crippen LogP contribution in [0.3, 0.4) is 0 Å². The molecule has 0 unspecified atom stereocenters. The number of aromatic nitrogens is 4. The molecule has 1 aliphatic rings. The number of guanidine groups is 1. The number of furan rings is 1. The fraction of sp³-hybridized carbons (Fsp3) is 0.444. The Bertz CT molecular complexity index is 912. The highest BCUT2D eigenvalue weighted by Gasteiger charge is 2.20. The van der Waals surface area contributed by atoms with E-state index in [2.05, 4.69) is 40.4 Å². The van der Waals surface area contributed by atoms with E-state index in [0.29, 0.717) is 18.1 Å². The van der Waals surface area contributed by atoms with Gasteiger partial charge >= 0.3 is 0 Å². The summed E-state index contributed by atoms with van der Waals surface area (Å²) in [5.74, 6) is 3.63. The molecule has 4 rings (SSSR count). The third kappa shape index (κ3) is 5.35. The summed E-state index contributed by atoms with van der Waals surface area (Å²) < 4.78 is 10.5. The smallest absolute Gasteiger partial charge is 0.216 e. The summed E-state index contributed by atoms with van der Waals surface area (Å²) in [4.78, 5) is 13.5. The highest BCUT2D eigenvalue weighted by atomic mass is 127. The zero-order valence-electron chi connectivity index (χ0n) is 16.5. The number of aryl methyl sites for hydroxylation is 1. The first kappa shape index (κ1) is 21.3. The molecular formula is C18H25IN8O2. The Morgan fingerprint density at radius 1 is 1.31 bits per heavy atom. The minimum absolute atomic E-state index is 0. The lowest BCUT2D eigenvalue weighted by Crippen LogP contribution is -2.52. The number of halogens is 1.